The molecule has 0 radical (unpaired) electrons. The lowest BCUT2D eigenvalue weighted by Crippen LogP contribution is -2.53. The molecular formula is C27H46O3. The molecule has 0 aromatic heterocycles. The van der Waals surface area contributed by atoms with Crippen LogP contribution in [0.25, 0.3) is 0 Å². The van der Waals surface area contributed by atoms with Gasteiger partial charge in [-0.15, -0.1) is 0 Å². The van der Waals surface area contributed by atoms with Crippen molar-refractivity contribution in [1.82, 2.24) is 0 Å². The van der Waals surface area contributed by atoms with Gasteiger partial charge in [-0.05, 0) is 110 Å². The molecule has 4 aliphatic rings. The van der Waals surface area contributed by atoms with Crippen LogP contribution in [0.4, 0.5) is 0 Å². The van der Waals surface area contributed by atoms with Gasteiger partial charge in [0.05, 0.1) is 12.2 Å². The smallest absolute Gasteiger partial charge is 0.101 e. The van der Waals surface area contributed by atoms with Gasteiger partial charge in [-0.25, -0.2) is 0 Å². The molecule has 0 heterocycles. The van der Waals surface area contributed by atoms with E-state index in [0.717, 1.165) is 55.4 Å². The van der Waals surface area contributed by atoms with Crippen LogP contribution >= 0.6 is 0 Å². The molecule has 0 aromatic rings. The third-order valence-electron chi connectivity index (χ3n) is 10.6. The Morgan fingerprint density at radius 3 is 2.40 bits per heavy atom. The van der Waals surface area contributed by atoms with E-state index in [1.54, 1.807) is 0 Å². The maximum Gasteiger partial charge on any atom is 0.101 e. The van der Waals surface area contributed by atoms with E-state index in [1.165, 1.54) is 25.7 Å². The van der Waals surface area contributed by atoms with Gasteiger partial charge >= 0.3 is 0 Å². The molecule has 3 saturated carbocycles. The zero-order valence-electron chi connectivity index (χ0n) is 20.0. The molecule has 0 saturated heterocycles. The van der Waals surface area contributed by atoms with Gasteiger partial charge in [0.2, 0.25) is 0 Å². The van der Waals surface area contributed by atoms with Crippen molar-refractivity contribution in [3.63, 3.8) is 0 Å². The number of hydrogen-bond acceptors (Lipinski definition) is 3. The van der Waals surface area contributed by atoms with Gasteiger partial charge in [0, 0.05) is 0 Å². The Labute approximate surface area is 184 Å². The van der Waals surface area contributed by atoms with Crippen molar-refractivity contribution in [3.05, 3.63) is 11.6 Å². The van der Waals surface area contributed by atoms with Gasteiger partial charge in [-0.2, -0.15) is 0 Å². The molecule has 0 aliphatic heterocycles. The van der Waals surface area contributed by atoms with Gasteiger partial charge in [0.25, 0.3) is 0 Å². The van der Waals surface area contributed by atoms with E-state index in [2.05, 4.69) is 40.7 Å². The summed E-state index contributed by atoms with van der Waals surface area (Å²) >= 11 is 0. The van der Waals surface area contributed by atoms with Crippen LogP contribution in [0.1, 0.15) is 92.4 Å². The van der Waals surface area contributed by atoms with E-state index >= 15 is 0 Å². The first-order valence-corrected chi connectivity index (χ1v) is 12.8. The van der Waals surface area contributed by atoms with E-state index < -0.39 is 12.2 Å². The molecule has 0 unspecified atom stereocenters. The molecule has 4 rings (SSSR count). The number of rotatable bonds is 5. The van der Waals surface area contributed by atoms with Gasteiger partial charge < -0.3 is 15.3 Å². The van der Waals surface area contributed by atoms with Crippen LogP contribution in [0.15, 0.2) is 11.6 Å². The second-order valence-electron chi connectivity index (χ2n) is 12.3. The van der Waals surface area contributed by atoms with E-state index in [9.17, 15) is 15.3 Å². The van der Waals surface area contributed by atoms with Crippen LogP contribution in [-0.4, -0.2) is 33.6 Å². The highest BCUT2D eigenvalue weighted by Crippen LogP contribution is 2.67. The van der Waals surface area contributed by atoms with Crippen LogP contribution in [-0.2, 0) is 0 Å². The summed E-state index contributed by atoms with van der Waals surface area (Å²) in [5, 5.41) is 31.2. The van der Waals surface area contributed by atoms with Crippen molar-refractivity contribution in [1.29, 1.82) is 0 Å². The van der Waals surface area contributed by atoms with E-state index in [-0.39, 0.29) is 11.5 Å². The normalized spacial score (nSPS) is 47.8. The van der Waals surface area contributed by atoms with Crippen molar-refractivity contribution in [2.75, 3.05) is 0 Å². The molecule has 0 amide bonds. The number of allylic oxidation sites excluding steroid dienone is 1. The Morgan fingerprint density at radius 2 is 1.70 bits per heavy atom. The molecular weight excluding hydrogens is 372 g/mol. The summed E-state index contributed by atoms with van der Waals surface area (Å²) in [6.45, 7) is 11.7. The lowest BCUT2D eigenvalue weighted by molar-refractivity contribution is -0.0804. The third kappa shape index (κ3) is 3.52. The van der Waals surface area contributed by atoms with E-state index in [1.807, 2.05) is 0 Å². The molecule has 4 aliphatic carbocycles. The van der Waals surface area contributed by atoms with Crippen molar-refractivity contribution in [3.8, 4) is 0 Å². The lowest BCUT2D eigenvalue weighted by Gasteiger charge is -2.59. The van der Waals surface area contributed by atoms with Crippen LogP contribution in [0.2, 0.25) is 0 Å². The van der Waals surface area contributed by atoms with E-state index in [0.29, 0.717) is 23.2 Å². The second-order valence-corrected chi connectivity index (χ2v) is 12.3. The summed E-state index contributed by atoms with van der Waals surface area (Å²) in [5.41, 5.74) is 1.66. The summed E-state index contributed by atoms with van der Waals surface area (Å²) in [6.07, 6.45) is 11.1. The summed E-state index contributed by atoms with van der Waals surface area (Å²) < 4.78 is 0. The lowest BCUT2D eigenvalue weighted by atomic mass is 9.46. The number of aliphatic hydroxyl groups excluding tert-OH is 3. The second kappa shape index (κ2) is 8.19. The minimum Gasteiger partial charge on any atom is -0.393 e. The van der Waals surface area contributed by atoms with Gasteiger partial charge in [-0.3, -0.25) is 0 Å². The van der Waals surface area contributed by atoms with Crippen LogP contribution in [0.5, 0.6) is 0 Å². The summed E-state index contributed by atoms with van der Waals surface area (Å²) in [7, 11) is 0. The first kappa shape index (κ1) is 22.8. The summed E-state index contributed by atoms with van der Waals surface area (Å²) in [6, 6.07) is 0. The Hall–Kier alpha value is -0.380. The summed E-state index contributed by atoms with van der Waals surface area (Å²) in [5.74, 6) is 4.00. The van der Waals surface area contributed by atoms with Gasteiger partial charge in [0.15, 0.2) is 0 Å². The first-order valence-electron chi connectivity index (χ1n) is 12.8. The van der Waals surface area contributed by atoms with Crippen molar-refractivity contribution in [2.45, 2.75) is 111 Å². The quantitative estimate of drug-likeness (QED) is 0.529. The fraction of sp³-hybridized carbons (Fsp3) is 0.926. The van der Waals surface area contributed by atoms with Gasteiger partial charge in [0.1, 0.15) is 6.10 Å². The SMILES string of the molecule is CC(C)[C@@H](O)CC[C@@H](C)[C@H]1CC[C@H]2[C@@H]3CC=C4[C@@H](O)[C@@H](O)CC[C@]4(C)[C@H]3CC[C@]12C. The maximum atomic E-state index is 10.7. The Kier molecular flexibility index (Phi) is 6.23. The zero-order chi connectivity index (χ0) is 21.8. The summed E-state index contributed by atoms with van der Waals surface area (Å²) in [4.78, 5) is 0. The van der Waals surface area contributed by atoms with Crippen LogP contribution in [0, 0.1) is 46.3 Å². The van der Waals surface area contributed by atoms with Crippen LogP contribution in [0.3, 0.4) is 0 Å². The molecule has 172 valence electrons. The number of hydrogen-bond donors (Lipinski definition) is 3. The highest BCUT2D eigenvalue weighted by atomic mass is 16.3. The van der Waals surface area contributed by atoms with Crippen molar-refractivity contribution in [2.24, 2.45) is 46.3 Å². The molecule has 0 aromatic carbocycles. The molecule has 3 heteroatoms. The van der Waals surface area contributed by atoms with Crippen molar-refractivity contribution < 1.29 is 15.3 Å². The Bertz CT molecular complexity index is 656. The fourth-order valence-electron chi connectivity index (χ4n) is 8.66. The molecule has 3 N–H and O–H groups in total. The average molecular weight is 419 g/mol. The highest BCUT2D eigenvalue weighted by molar-refractivity contribution is 5.29. The van der Waals surface area contributed by atoms with E-state index in [4.69, 9.17) is 0 Å². The molecule has 0 spiro atoms. The van der Waals surface area contributed by atoms with Gasteiger partial charge in [-0.1, -0.05) is 40.7 Å². The largest absolute Gasteiger partial charge is 0.393 e. The molecule has 3 nitrogen and oxygen atoms in total. The molecule has 3 fully saturated rings. The third-order valence-corrected chi connectivity index (χ3v) is 10.6. The topological polar surface area (TPSA) is 60.7 Å². The minimum absolute atomic E-state index is 0.0774. The average Bonchev–Trinajstić information content (AvgIpc) is 3.06. The molecule has 0 bridgehead atoms. The minimum atomic E-state index is -0.651. The predicted octanol–water partition coefficient (Wildman–Crippen LogP) is 5.33. The standard InChI is InChI=1S/C27H46O3/c1-16(2)23(28)11-6-17(3)19-9-10-20-18-7-8-22-25(30)24(29)13-15-27(22,5)21(18)12-14-26(19,20)4/h8,16-21,23-25,28-30H,6-7,9-15H2,1-5H3/t17-,18+,19-,20+,21+,23+,24+,25-,26-,27-/m1/s1. The first-order chi connectivity index (χ1) is 14.1. The predicted molar refractivity (Wildman–Crippen MR) is 122 cm³/mol. The van der Waals surface area contributed by atoms with Crippen molar-refractivity contribution >= 4 is 0 Å². The zero-order valence-corrected chi connectivity index (χ0v) is 20.0. The maximum absolute atomic E-state index is 10.7. The Morgan fingerprint density at radius 1 is 0.967 bits per heavy atom. The molecule has 10 atom stereocenters. The number of fused-ring (bicyclic) bond motifs is 5. The monoisotopic (exact) mass is 418 g/mol. The number of aliphatic hydroxyl groups is 3. The fourth-order valence-corrected chi connectivity index (χ4v) is 8.66. The Balaban J connectivity index is 1.51. The highest BCUT2D eigenvalue weighted by Gasteiger charge is 2.60. The molecule has 30 heavy (non-hydrogen) atoms. The van der Waals surface area contributed by atoms with Crippen LogP contribution < -0.4 is 0 Å².